The van der Waals surface area contributed by atoms with E-state index in [4.69, 9.17) is 4.84 Å². The number of para-hydroxylation sites is 1. The van der Waals surface area contributed by atoms with Crippen LogP contribution in [0.5, 0.6) is 0 Å². The summed E-state index contributed by atoms with van der Waals surface area (Å²) in [7, 11) is 0. The molecule has 2 aliphatic carbocycles. The Labute approximate surface area is 221 Å². The number of benzene rings is 3. The fourth-order valence-electron chi connectivity index (χ4n) is 2.82. The van der Waals surface area contributed by atoms with Crippen molar-refractivity contribution in [1.29, 1.82) is 0 Å². The van der Waals surface area contributed by atoms with Crippen molar-refractivity contribution in [1.82, 2.24) is 0 Å². The molecule has 0 spiro atoms. The first-order valence-electron chi connectivity index (χ1n) is 10.8. The first-order chi connectivity index (χ1) is 16.8. The van der Waals surface area contributed by atoms with Gasteiger partial charge in [-0.3, -0.25) is 4.79 Å². The molecule has 0 atom stereocenters. The summed E-state index contributed by atoms with van der Waals surface area (Å²) >= 11 is 0. The zero-order valence-electron chi connectivity index (χ0n) is 19.1. The SMILES string of the molecule is O=C(ON(C(=O)c1ccccc1)c1ccccc1)c1ccccc1.[CH]1[CH][CH][CH][CH]1.[CH]1[CH][CH][CH][CH]1.[V+4]. The molecule has 0 N–H and O–H groups in total. The van der Waals surface area contributed by atoms with E-state index in [1.807, 2.05) is 76.3 Å². The van der Waals surface area contributed by atoms with E-state index in [2.05, 4.69) is 0 Å². The van der Waals surface area contributed by atoms with Gasteiger partial charge >= 0.3 is 24.5 Å². The summed E-state index contributed by atoms with van der Waals surface area (Å²) in [6.07, 6.45) is 20.0. The average Bonchev–Trinajstić information content (AvgIpc) is 3.68. The smallest absolute Gasteiger partial charge is 0.327 e. The van der Waals surface area contributed by atoms with Crippen LogP contribution >= 0.6 is 0 Å². The molecule has 5 rings (SSSR count). The third-order valence-corrected chi connectivity index (χ3v) is 4.49. The van der Waals surface area contributed by atoms with Gasteiger partial charge in [-0.05, 0) is 101 Å². The largest absolute Gasteiger partial charge is 4.00 e. The van der Waals surface area contributed by atoms with E-state index in [1.54, 1.807) is 78.9 Å². The number of anilines is 1. The maximum absolute atomic E-state index is 12.8. The molecule has 3 aromatic rings. The monoisotopic (exact) mass is 498 g/mol. The van der Waals surface area contributed by atoms with Gasteiger partial charge in [0.2, 0.25) is 0 Å². The van der Waals surface area contributed by atoms with Crippen molar-refractivity contribution in [3.8, 4) is 0 Å². The van der Waals surface area contributed by atoms with E-state index < -0.39 is 11.9 Å². The van der Waals surface area contributed by atoms with Crippen LogP contribution in [0.2, 0.25) is 0 Å². The number of carbonyl (C=O) groups excluding carboxylic acids is 2. The van der Waals surface area contributed by atoms with Crippen LogP contribution in [0.4, 0.5) is 5.69 Å². The van der Waals surface area contributed by atoms with Gasteiger partial charge in [-0.15, -0.1) is 5.06 Å². The van der Waals surface area contributed by atoms with Crippen molar-refractivity contribution in [2.24, 2.45) is 0 Å². The number of nitrogens with zero attached hydrogens (tertiary/aromatic N) is 1. The fourth-order valence-corrected chi connectivity index (χ4v) is 2.82. The van der Waals surface area contributed by atoms with E-state index in [-0.39, 0.29) is 18.6 Å². The van der Waals surface area contributed by atoms with E-state index in [9.17, 15) is 9.59 Å². The fraction of sp³-hybridized carbons (Fsp3) is 0. The first kappa shape index (κ1) is 28.4. The minimum Gasteiger partial charge on any atom is -0.327 e. The molecular formula is C30H25NO3V+4. The third kappa shape index (κ3) is 10.1. The molecule has 2 fully saturated rings. The molecule has 3 aromatic carbocycles. The zero-order valence-corrected chi connectivity index (χ0v) is 20.4. The molecule has 5 heteroatoms. The second kappa shape index (κ2) is 16.8. The first-order valence-corrected chi connectivity index (χ1v) is 10.8. The van der Waals surface area contributed by atoms with Crippen LogP contribution in [0.15, 0.2) is 91.0 Å². The van der Waals surface area contributed by atoms with Gasteiger partial charge in [-0.2, -0.15) is 0 Å². The van der Waals surface area contributed by atoms with Gasteiger partial charge in [0.1, 0.15) is 0 Å². The summed E-state index contributed by atoms with van der Waals surface area (Å²) in [4.78, 5) is 30.5. The molecule has 35 heavy (non-hydrogen) atoms. The number of rotatable bonds is 3. The topological polar surface area (TPSA) is 46.6 Å². The summed E-state index contributed by atoms with van der Waals surface area (Å²) < 4.78 is 0. The minimum absolute atomic E-state index is 0. The Morgan fingerprint density at radius 1 is 0.486 bits per heavy atom. The van der Waals surface area contributed by atoms with Crippen molar-refractivity contribution >= 4 is 17.6 Å². The number of hydrogen-bond donors (Lipinski definition) is 0. The predicted octanol–water partition coefficient (Wildman–Crippen LogP) is 6.15. The van der Waals surface area contributed by atoms with Crippen LogP contribution in [0.1, 0.15) is 20.7 Å². The number of hydroxylamine groups is 1. The Morgan fingerprint density at radius 2 is 0.829 bits per heavy atom. The van der Waals surface area contributed by atoms with Crippen molar-refractivity contribution in [3.05, 3.63) is 166 Å². The van der Waals surface area contributed by atoms with Crippen LogP contribution in [-0.2, 0) is 23.4 Å². The van der Waals surface area contributed by atoms with E-state index in [1.165, 1.54) is 0 Å². The van der Waals surface area contributed by atoms with Gasteiger partial charge in [0.05, 0.1) is 11.3 Å². The molecule has 11 radical (unpaired) electrons. The van der Waals surface area contributed by atoms with E-state index in [0.29, 0.717) is 16.8 Å². The summed E-state index contributed by atoms with van der Waals surface area (Å²) in [5.41, 5.74) is 1.29. The van der Waals surface area contributed by atoms with Gasteiger partial charge in [0.15, 0.2) is 0 Å². The number of carbonyl (C=O) groups is 2. The molecule has 0 saturated heterocycles. The molecule has 0 aliphatic heterocycles. The Hall–Kier alpha value is -2.82. The zero-order chi connectivity index (χ0) is 23.8. The van der Waals surface area contributed by atoms with Crippen LogP contribution in [-0.4, -0.2) is 11.9 Å². The Kier molecular flexibility index (Phi) is 13.6. The van der Waals surface area contributed by atoms with Crippen molar-refractivity contribution in [3.63, 3.8) is 0 Å². The van der Waals surface area contributed by atoms with Crippen molar-refractivity contribution in [2.45, 2.75) is 0 Å². The molecule has 2 aliphatic rings. The normalized spacial score (nSPS) is 13.7. The Morgan fingerprint density at radius 3 is 1.23 bits per heavy atom. The quantitative estimate of drug-likeness (QED) is 0.407. The van der Waals surface area contributed by atoms with Crippen LogP contribution in [0.3, 0.4) is 0 Å². The number of amides is 1. The second-order valence-electron chi connectivity index (χ2n) is 6.97. The molecular weight excluding hydrogens is 473 g/mol. The summed E-state index contributed by atoms with van der Waals surface area (Å²) in [6, 6.07) is 26.0. The molecule has 0 bridgehead atoms. The average molecular weight is 498 g/mol. The Bertz CT molecular complexity index is 947. The maximum atomic E-state index is 12.8. The van der Waals surface area contributed by atoms with Crippen LogP contribution in [0, 0.1) is 64.2 Å². The molecule has 0 heterocycles. The van der Waals surface area contributed by atoms with E-state index >= 15 is 0 Å². The van der Waals surface area contributed by atoms with Gasteiger partial charge in [0.25, 0.3) is 5.91 Å². The van der Waals surface area contributed by atoms with Gasteiger partial charge < -0.3 is 4.84 Å². The molecule has 1 amide bonds. The molecule has 169 valence electrons. The summed E-state index contributed by atoms with van der Waals surface area (Å²) in [5.74, 6) is -1.00. The van der Waals surface area contributed by atoms with Gasteiger partial charge in [-0.25, -0.2) is 4.79 Å². The minimum atomic E-state index is -0.594. The maximum Gasteiger partial charge on any atom is 4.00 e. The second-order valence-corrected chi connectivity index (χ2v) is 6.97. The molecule has 4 nitrogen and oxygen atoms in total. The molecule has 2 saturated carbocycles. The Balaban J connectivity index is 0.000000324. The molecule has 0 aromatic heterocycles. The third-order valence-electron chi connectivity index (χ3n) is 4.49. The van der Waals surface area contributed by atoms with Crippen molar-refractivity contribution in [2.75, 3.05) is 5.06 Å². The van der Waals surface area contributed by atoms with E-state index in [0.717, 1.165) is 5.06 Å². The van der Waals surface area contributed by atoms with Crippen LogP contribution < -0.4 is 5.06 Å². The predicted molar refractivity (Wildman–Crippen MR) is 135 cm³/mol. The summed E-state index contributed by atoms with van der Waals surface area (Å²) in [5, 5.41) is 1.02. The van der Waals surface area contributed by atoms with Crippen molar-refractivity contribution < 1.29 is 33.0 Å². The standard InChI is InChI=1S/C20H15NO3.2C5H5.V/c22-19(16-10-4-1-5-11-16)21(18-14-8-3-9-15-18)24-20(23)17-12-6-2-7-13-17;2*1-2-4-5-3-1;/h1-15H;2*1-5H;/q;;;+4. The molecule has 0 unspecified atom stereocenters. The summed E-state index contributed by atoms with van der Waals surface area (Å²) in [6.45, 7) is 0. The van der Waals surface area contributed by atoms with Crippen LogP contribution in [0.25, 0.3) is 0 Å². The van der Waals surface area contributed by atoms with Gasteiger partial charge in [0, 0.05) is 5.56 Å². The van der Waals surface area contributed by atoms with Gasteiger partial charge in [-0.1, -0.05) is 54.6 Å². The number of hydrogen-bond acceptors (Lipinski definition) is 3.